The molecule has 0 bridgehead atoms. The molecule has 20 heavy (non-hydrogen) atoms. The molecule has 0 fully saturated rings. The molecule has 0 saturated heterocycles. The van der Waals surface area contributed by atoms with E-state index in [-0.39, 0.29) is 11.9 Å². The minimum absolute atomic E-state index is 0.146. The summed E-state index contributed by atoms with van der Waals surface area (Å²) in [4.78, 5) is 11.9. The molecule has 108 valence electrons. The number of hydrogen-bond acceptors (Lipinski definition) is 2. The molecule has 0 aliphatic carbocycles. The van der Waals surface area contributed by atoms with Crippen molar-refractivity contribution in [3.8, 4) is 0 Å². The molecule has 0 aromatic heterocycles. The molecule has 2 nitrogen and oxygen atoms in total. The average molecular weight is 272 g/mol. The van der Waals surface area contributed by atoms with Crippen LogP contribution in [0.2, 0.25) is 0 Å². The van der Waals surface area contributed by atoms with Crippen LogP contribution in [0.15, 0.2) is 49.1 Å². The van der Waals surface area contributed by atoms with E-state index in [2.05, 4.69) is 19.6 Å². The van der Waals surface area contributed by atoms with E-state index in [0.717, 1.165) is 24.0 Å². The largest absolute Gasteiger partial charge is 0.465 e. The van der Waals surface area contributed by atoms with Crippen LogP contribution in [0.4, 0.5) is 0 Å². The second-order valence-corrected chi connectivity index (χ2v) is 4.91. The zero-order valence-electron chi connectivity index (χ0n) is 12.5. The maximum atomic E-state index is 11.9. The number of hydrogen-bond donors (Lipinski definition) is 0. The molecule has 1 aromatic carbocycles. The number of ether oxygens (including phenoxy) is 1. The Bertz CT molecular complexity index is 446. The van der Waals surface area contributed by atoms with Crippen LogP contribution in [-0.4, -0.2) is 12.6 Å². The Labute approximate surface area is 122 Å². The molecule has 2 heteroatoms. The lowest BCUT2D eigenvalue weighted by atomic mass is 9.97. The third-order valence-corrected chi connectivity index (χ3v) is 3.07. The van der Waals surface area contributed by atoms with Gasteiger partial charge in [-0.05, 0) is 30.4 Å². The van der Waals surface area contributed by atoms with E-state index in [9.17, 15) is 4.79 Å². The zero-order chi connectivity index (χ0) is 14.8. The summed E-state index contributed by atoms with van der Waals surface area (Å²) in [6.45, 7) is 8.48. The Balaban J connectivity index is 2.34. The van der Waals surface area contributed by atoms with Crippen LogP contribution < -0.4 is 0 Å². The van der Waals surface area contributed by atoms with Crippen LogP contribution in [-0.2, 0) is 9.53 Å². The maximum Gasteiger partial charge on any atom is 0.308 e. The SMILES string of the molecule is C=C(CC(C)C(=O)OCCC=CCC)c1ccccc1. The molecule has 0 N–H and O–H groups in total. The Morgan fingerprint density at radius 3 is 2.65 bits per heavy atom. The van der Waals surface area contributed by atoms with E-state index < -0.39 is 0 Å². The summed E-state index contributed by atoms with van der Waals surface area (Å²) >= 11 is 0. The van der Waals surface area contributed by atoms with Crippen molar-refractivity contribution >= 4 is 11.5 Å². The molecule has 1 rings (SSSR count). The van der Waals surface area contributed by atoms with Gasteiger partial charge < -0.3 is 4.74 Å². The molecule has 1 unspecified atom stereocenters. The number of allylic oxidation sites excluding steroid dienone is 2. The number of rotatable bonds is 8. The van der Waals surface area contributed by atoms with Crippen molar-refractivity contribution in [2.75, 3.05) is 6.61 Å². The summed E-state index contributed by atoms with van der Waals surface area (Å²) in [7, 11) is 0. The van der Waals surface area contributed by atoms with Gasteiger partial charge in [-0.3, -0.25) is 4.79 Å². The van der Waals surface area contributed by atoms with E-state index in [0.29, 0.717) is 13.0 Å². The smallest absolute Gasteiger partial charge is 0.308 e. The molecule has 0 heterocycles. The van der Waals surface area contributed by atoms with Crippen LogP contribution in [0.3, 0.4) is 0 Å². The molecular formula is C18H24O2. The quantitative estimate of drug-likeness (QED) is 0.392. The summed E-state index contributed by atoms with van der Waals surface area (Å²) in [5.41, 5.74) is 2.05. The zero-order valence-corrected chi connectivity index (χ0v) is 12.5. The molecular weight excluding hydrogens is 248 g/mol. The minimum Gasteiger partial charge on any atom is -0.465 e. The van der Waals surface area contributed by atoms with Gasteiger partial charge in [0.1, 0.15) is 0 Å². The van der Waals surface area contributed by atoms with Gasteiger partial charge in [0.2, 0.25) is 0 Å². The van der Waals surface area contributed by atoms with Crippen molar-refractivity contribution in [1.29, 1.82) is 0 Å². The minimum atomic E-state index is -0.155. The van der Waals surface area contributed by atoms with Gasteiger partial charge in [-0.25, -0.2) is 0 Å². The third-order valence-electron chi connectivity index (χ3n) is 3.07. The summed E-state index contributed by atoms with van der Waals surface area (Å²) in [5, 5.41) is 0. The Hall–Kier alpha value is -1.83. The van der Waals surface area contributed by atoms with Gasteiger partial charge in [0.25, 0.3) is 0 Å². The Kier molecular flexibility index (Phi) is 7.41. The molecule has 0 aliphatic heterocycles. The van der Waals surface area contributed by atoms with Crippen LogP contribution in [0.5, 0.6) is 0 Å². The van der Waals surface area contributed by atoms with Gasteiger partial charge in [-0.15, -0.1) is 0 Å². The topological polar surface area (TPSA) is 26.3 Å². The fourth-order valence-corrected chi connectivity index (χ4v) is 1.90. The van der Waals surface area contributed by atoms with Crippen molar-refractivity contribution in [3.05, 3.63) is 54.6 Å². The van der Waals surface area contributed by atoms with E-state index in [1.54, 1.807) is 0 Å². The molecule has 0 aliphatic rings. The van der Waals surface area contributed by atoms with Crippen LogP contribution in [0, 0.1) is 5.92 Å². The first-order chi connectivity index (χ1) is 9.65. The second-order valence-electron chi connectivity index (χ2n) is 4.91. The number of benzene rings is 1. The Morgan fingerprint density at radius 2 is 2.00 bits per heavy atom. The summed E-state index contributed by atoms with van der Waals surface area (Å²) in [6.07, 6.45) is 6.55. The normalized spacial score (nSPS) is 12.3. The molecule has 1 aromatic rings. The lowest BCUT2D eigenvalue weighted by molar-refractivity contribution is -0.147. The summed E-state index contributed by atoms with van der Waals surface area (Å²) < 4.78 is 5.26. The van der Waals surface area contributed by atoms with Gasteiger partial charge in [0, 0.05) is 0 Å². The predicted octanol–water partition coefficient (Wildman–Crippen LogP) is 4.63. The molecule has 0 saturated carbocycles. The molecule has 0 amide bonds. The van der Waals surface area contributed by atoms with Crippen molar-refractivity contribution in [3.63, 3.8) is 0 Å². The summed E-state index contributed by atoms with van der Waals surface area (Å²) in [5.74, 6) is -0.301. The van der Waals surface area contributed by atoms with E-state index in [1.165, 1.54) is 0 Å². The van der Waals surface area contributed by atoms with E-state index >= 15 is 0 Å². The molecule has 0 spiro atoms. The predicted molar refractivity (Wildman–Crippen MR) is 84.3 cm³/mol. The number of esters is 1. The molecule has 0 radical (unpaired) electrons. The fourth-order valence-electron chi connectivity index (χ4n) is 1.90. The lowest BCUT2D eigenvalue weighted by Gasteiger charge is -2.13. The van der Waals surface area contributed by atoms with E-state index in [4.69, 9.17) is 4.74 Å². The van der Waals surface area contributed by atoms with Crippen LogP contribution in [0.1, 0.15) is 38.7 Å². The fraction of sp³-hybridized carbons (Fsp3) is 0.389. The third kappa shape index (κ3) is 5.87. The Morgan fingerprint density at radius 1 is 1.30 bits per heavy atom. The number of carbonyl (C=O) groups is 1. The van der Waals surface area contributed by atoms with Crippen molar-refractivity contribution < 1.29 is 9.53 Å². The first kappa shape index (κ1) is 16.2. The lowest BCUT2D eigenvalue weighted by Crippen LogP contribution is -2.15. The first-order valence-electron chi connectivity index (χ1n) is 7.20. The molecule has 1 atom stereocenters. The van der Waals surface area contributed by atoms with Gasteiger partial charge >= 0.3 is 5.97 Å². The maximum absolute atomic E-state index is 11.9. The van der Waals surface area contributed by atoms with Gasteiger partial charge in [-0.1, -0.05) is 62.9 Å². The number of carbonyl (C=O) groups excluding carboxylic acids is 1. The highest BCUT2D eigenvalue weighted by molar-refractivity contribution is 5.76. The van der Waals surface area contributed by atoms with Gasteiger partial charge in [0.05, 0.1) is 12.5 Å². The van der Waals surface area contributed by atoms with Gasteiger partial charge in [0.15, 0.2) is 0 Å². The van der Waals surface area contributed by atoms with Crippen LogP contribution >= 0.6 is 0 Å². The average Bonchev–Trinajstić information content (AvgIpc) is 2.47. The van der Waals surface area contributed by atoms with Crippen molar-refractivity contribution in [2.24, 2.45) is 5.92 Å². The van der Waals surface area contributed by atoms with Crippen molar-refractivity contribution in [2.45, 2.75) is 33.1 Å². The van der Waals surface area contributed by atoms with Gasteiger partial charge in [-0.2, -0.15) is 0 Å². The highest BCUT2D eigenvalue weighted by atomic mass is 16.5. The van der Waals surface area contributed by atoms with E-state index in [1.807, 2.05) is 43.3 Å². The van der Waals surface area contributed by atoms with Crippen molar-refractivity contribution in [1.82, 2.24) is 0 Å². The highest BCUT2D eigenvalue weighted by Gasteiger charge is 2.15. The first-order valence-corrected chi connectivity index (χ1v) is 7.20. The second kappa shape index (κ2) is 9.13. The summed E-state index contributed by atoms with van der Waals surface area (Å²) in [6, 6.07) is 9.94. The standard InChI is InChI=1S/C18H24O2/c1-4-5-6-10-13-20-18(19)16(3)14-15(2)17-11-8-7-9-12-17/h5-9,11-12,16H,2,4,10,13-14H2,1,3H3. The monoisotopic (exact) mass is 272 g/mol. The highest BCUT2D eigenvalue weighted by Crippen LogP contribution is 2.21. The van der Waals surface area contributed by atoms with Crippen LogP contribution in [0.25, 0.3) is 5.57 Å².